The van der Waals surface area contributed by atoms with Crippen molar-refractivity contribution in [1.82, 2.24) is 10.9 Å². The zero-order valence-electron chi connectivity index (χ0n) is 14.4. The van der Waals surface area contributed by atoms with Gasteiger partial charge in [-0.25, -0.2) is 0 Å². The molecule has 1 unspecified atom stereocenters. The Balaban J connectivity index is 1.82. The van der Waals surface area contributed by atoms with Gasteiger partial charge in [0.15, 0.2) is 6.10 Å². The first-order chi connectivity index (χ1) is 11.4. The fourth-order valence-corrected chi connectivity index (χ4v) is 3.40. The molecule has 0 heterocycles. The molecule has 1 aliphatic rings. The molecule has 1 saturated carbocycles. The largest absolute Gasteiger partial charge is 0.480 e. The maximum absolute atomic E-state index is 12.1. The third-order valence-electron chi connectivity index (χ3n) is 4.36. The number of ether oxygens (including phenoxy) is 1. The minimum absolute atomic E-state index is 0.152. The van der Waals surface area contributed by atoms with E-state index in [1.165, 1.54) is 12.8 Å². The van der Waals surface area contributed by atoms with Gasteiger partial charge in [-0.15, -0.1) is 0 Å². The Labute approximate surface area is 148 Å². The van der Waals surface area contributed by atoms with E-state index in [2.05, 4.69) is 10.9 Å². The Morgan fingerprint density at radius 3 is 2.38 bits per heavy atom. The molecule has 2 amide bonds. The number of hydrazine groups is 1. The summed E-state index contributed by atoms with van der Waals surface area (Å²) in [5.41, 5.74) is 6.64. The molecule has 1 aromatic rings. The van der Waals surface area contributed by atoms with Gasteiger partial charge < -0.3 is 4.74 Å². The molecule has 0 radical (unpaired) electrons. The van der Waals surface area contributed by atoms with Gasteiger partial charge in [0.2, 0.25) is 5.91 Å². The summed E-state index contributed by atoms with van der Waals surface area (Å²) < 4.78 is 5.74. The van der Waals surface area contributed by atoms with Crippen LogP contribution in [0.4, 0.5) is 0 Å². The molecule has 24 heavy (non-hydrogen) atoms. The van der Waals surface area contributed by atoms with Gasteiger partial charge in [-0.2, -0.15) is 0 Å². The van der Waals surface area contributed by atoms with Crippen molar-refractivity contribution >= 4 is 23.4 Å². The second-order valence-corrected chi connectivity index (χ2v) is 6.96. The highest BCUT2D eigenvalue weighted by molar-refractivity contribution is 6.30. The van der Waals surface area contributed by atoms with Crippen LogP contribution in [0, 0.1) is 19.8 Å². The predicted octanol–water partition coefficient (Wildman–Crippen LogP) is 3.45. The summed E-state index contributed by atoms with van der Waals surface area (Å²) in [6.07, 6.45) is 4.30. The van der Waals surface area contributed by atoms with Crippen molar-refractivity contribution in [2.45, 2.75) is 59.0 Å². The number of carbonyl (C=O) groups is 2. The molecule has 2 rings (SSSR count). The minimum atomic E-state index is -0.727. The molecule has 0 bridgehead atoms. The van der Waals surface area contributed by atoms with Gasteiger partial charge in [-0.3, -0.25) is 20.4 Å². The second-order valence-electron chi connectivity index (χ2n) is 6.52. The molecule has 0 aromatic heterocycles. The van der Waals surface area contributed by atoms with E-state index in [9.17, 15) is 9.59 Å². The van der Waals surface area contributed by atoms with Crippen molar-refractivity contribution in [3.05, 3.63) is 28.3 Å². The van der Waals surface area contributed by atoms with Crippen LogP contribution < -0.4 is 15.6 Å². The van der Waals surface area contributed by atoms with E-state index in [1.807, 2.05) is 13.8 Å². The third-order valence-corrected chi connectivity index (χ3v) is 4.58. The average molecular weight is 353 g/mol. The lowest BCUT2D eigenvalue weighted by Gasteiger charge is -2.18. The SMILES string of the molecule is Cc1cc(Cl)cc(C)c1OC(C)C(=O)NNC(=O)CC1CCCC1. The van der Waals surface area contributed by atoms with Crippen LogP contribution in [0.1, 0.15) is 50.2 Å². The molecule has 2 N–H and O–H groups in total. The maximum Gasteiger partial charge on any atom is 0.279 e. The van der Waals surface area contributed by atoms with Crippen molar-refractivity contribution in [2.75, 3.05) is 0 Å². The molecule has 1 aromatic carbocycles. The van der Waals surface area contributed by atoms with Gasteiger partial charge in [-0.05, 0) is 62.8 Å². The Morgan fingerprint density at radius 2 is 1.79 bits per heavy atom. The van der Waals surface area contributed by atoms with Crippen LogP contribution in [-0.4, -0.2) is 17.9 Å². The summed E-state index contributed by atoms with van der Waals surface area (Å²) in [6.45, 7) is 5.40. The summed E-state index contributed by atoms with van der Waals surface area (Å²) in [5.74, 6) is 0.541. The molecular weight excluding hydrogens is 328 g/mol. The smallest absolute Gasteiger partial charge is 0.279 e. The fraction of sp³-hybridized carbons (Fsp3) is 0.556. The molecule has 0 saturated heterocycles. The number of amides is 2. The summed E-state index contributed by atoms with van der Waals surface area (Å²) in [5, 5.41) is 0.633. The standard InChI is InChI=1S/C18H25ClN2O3/c1-11-8-15(19)9-12(2)17(11)24-13(3)18(23)21-20-16(22)10-14-6-4-5-7-14/h8-9,13-14H,4-7,10H2,1-3H3,(H,20,22)(H,21,23). The molecule has 1 atom stereocenters. The highest BCUT2D eigenvalue weighted by Crippen LogP contribution is 2.28. The Bertz CT molecular complexity index is 589. The zero-order valence-corrected chi connectivity index (χ0v) is 15.2. The molecule has 0 aliphatic heterocycles. The molecule has 1 aliphatic carbocycles. The topological polar surface area (TPSA) is 67.4 Å². The zero-order chi connectivity index (χ0) is 17.7. The Morgan fingerprint density at radius 1 is 1.21 bits per heavy atom. The summed E-state index contributed by atoms with van der Waals surface area (Å²) in [4.78, 5) is 24.0. The highest BCUT2D eigenvalue weighted by atomic mass is 35.5. The lowest BCUT2D eigenvalue weighted by atomic mass is 10.0. The number of benzene rings is 1. The van der Waals surface area contributed by atoms with Crippen molar-refractivity contribution in [2.24, 2.45) is 5.92 Å². The van der Waals surface area contributed by atoms with E-state index < -0.39 is 6.10 Å². The van der Waals surface area contributed by atoms with Crippen LogP contribution in [0.5, 0.6) is 5.75 Å². The first-order valence-corrected chi connectivity index (χ1v) is 8.76. The number of halogens is 1. The molecule has 132 valence electrons. The van der Waals surface area contributed by atoms with Crippen LogP contribution >= 0.6 is 11.6 Å². The van der Waals surface area contributed by atoms with Crippen molar-refractivity contribution < 1.29 is 14.3 Å². The van der Waals surface area contributed by atoms with Crippen molar-refractivity contribution in [3.8, 4) is 5.75 Å². The maximum atomic E-state index is 12.1. The predicted molar refractivity (Wildman–Crippen MR) is 93.9 cm³/mol. The van der Waals surface area contributed by atoms with Crippen LogP contribution in [0.2, 0.25) is 5.02 Å². The normalized spacial score (nSPS) is 15.8. The Kier molecular flexibility index (Phi) is 6.49. The van der Waals surface area contributed by atoms with E-state index >= 15 is 0 Å². The van der Waals surface area contributed by atoms with Gasteiger partial charge in [-0.1, -0.05) is 24.4 Å². The van der Waals surface area contributed by atoms with E-state index in [1.54, 1.807) is 19.1 Å². The molecule has 6 heteroatoms. The number of hydrogen-bond acceptors (Lipinski definition) is 3. The highest BCUT2D eigenvalue weighted by Gasteiger charge is 2.20. The molecule has 0 spiro atoms. The number of hydrogen-bond donors (Lipinski definition) is 2. The summed E-state index contributed by atoms with van der Waals surface area (Å²) in [7, 11) is 0. The first-order valence-electron chi connectivity index (χ1n) is 8.39. The summed E-state index contributed by atoms with van der Waals surface area (Å²) in [6, 6.07) is 3.58. The number of nitrogens with one attached hydrogen (secondary N) is 2. The number of rotatable bonds is 5. The molecule has 5 nitrogen and oxygen atoms in total. The van der Waals surface area contributed by atoms with Crippen LogP contribution in [0.3, 0.4) is 0 Å². The first kappa shape index (κ1) is 18.6. The van der Waals surface area contributed by atoms with Gasteiger partial charge in [0.1, 0.15) is 5.75 Å². The van der Waals surface area contributed by atoms with E-state index in [-0.39, 0.29) is 11.8 Å². The number of aryl methyl sites for hydroxylation is 2. The second kappa shape index (κ2) is 8.38. The van der Waals surface area contributed by atoms with Gasteiger partial charge in [0.05, 0.1) is 0 Å². The Hall–Kier alpha value is -1.75. The van der Waals surface area contributed by atoms with Crippen molar-refractivity contribution in [3.63, 3.8) is 0 Å². The lowest BCUT2D eigenvalue weighted by Crippen LogP contribution is -2.47. The quantitative estimate of drug-likeness (QED) is 0.797. The van der Waals surface area contributed by atoms with Gasteiger partial charge >= 0.3 is 0 Å². The van der Waals surface area contributed by atoms with Gasteiger partial charge in [0.25, 0.3) is 5.91 Å². The molecular formula is C18H25ClN2O3. The lowest BCUT2D eigenvalue weighted by molar-refractivity contribution is -0.133. The van der Waals surface area contributed by atoms with E-state index in [4.69, 9.17) is 16.3 Å². The number of carbonyl (C=O) groups excluding carboxylic acids is 2. The average Bonchev–Trinajstić information content (AvgIpc) is 3.01. The minimum Gasteiger partial charge on any atom is -0.480 e. The van der Waals surface area contributed by atoms with Crippen LogP contribution in [0.25, 0.3) is 0 Å². The van der Waals surface area contributed by atoms with E-state index in [0.29, 0.717) is 23.1 Å². The monoisotopic (exact) mass is 352 g/mol. The fourth-order valence-electron chi connectivity index (χ4n) is 3.07. The van der Waals surface area contributed by atoms with Gasteiger partial charge in [0, 0.05) is 11.4 Å². The van der Waals surface area contributed by atoms with E-state index in [0.717, 1.165) is 24.0 Å². The summed E-state index contributed by atoms with van der Waals surface area (Å²) >= 11 is 5.99. The molecule has 1 fully saturated rings. The van der Waals surface area contributed by atoms with Crippen molar-refractivity contribution in [1.29, 1.82) is 0 Å². The third kappa shape index (κ3) is 5.13. The van der Waals surface area contributed by atoms with Crippen LogP contribution in [0.15, 0.2) is 12.1 Å². The van der Waals surface area contributed by atoms with Crippen LogP contribution in [-0.2, 0) is 9.59 Å².